The minimum Gasteiger partial charge on any atom is -0.497 e. The van der Waals surface area contributed by atoms with Gasteiger partial charge in [-0.25, -0.2) is 4.79 Å². The first-order valence-electron chi connectivity index (χ1n) is 13.5. The van der Waals surface area contributed by atoms with E-state index in [1.807, 2.05) is 30.3 Å². The predicted octanol–water partition coefficient (Wildman–Crippen LogP) is 6.41. The summed E-state index contributed by atoms with van der Waals surface area (Å²) in [4.78, 5) is 12.6. The fourth-order valence-corrected chi connectivity index (χ4v) is 5.42. The zero-order valence-corrected chi connectivity index (χ0v) is 25.2. The van der Waals surface area contributed by atoms with E-state index in [2.05, 4.69) is 59.9 Å². The van der Waals surface area contributed by atoms with Gasteiger partial charge in [0.05, 0.1) is 20.3 Å². The highest BCUT2D eigenvalue weighted by Crippen LogP contribution is 2.38. The lowest BCUT2D eigenvalue weighted by molar-refractivity contribution is -0.148. The zero-order valence-electron chi connectivity index (χ0n) is 24.2. The van der Waals surface area contributed by atoms with Crippen LogP contribution >= 0.6 is 0 Å². The number of carbonyl (C=O) groups excluding carboxylic acids is 1. The molecule has 0 saturated carbocycles. The van der Waals surface area contributed by atoms with E-state index in [9.17, 15) is 4.79 Å². The first kappa shape index (κ1) is 31.3. The number of hydrogen-bond donors (Lipinski definition) is 1. The molecule has 0 fully saturated rings. The number of benzene rings is 1. The van der Waals surface area contributed by atoms with Gasteiger partial charge in [0.2, 0.25) is 0 Å². The van der Waals surface area contributed by atoms with Crippen molar-refractivity contribution >= 4 is 14.3 Å². The highest BCUT2D eigenvalue weighted by atomic mass is 28.4. The average molecular weight is 532 g/mol. The van der Waals surface area contributed by atoms with Gasteiger partial charge < -0.3 is 24.4 Å². The number of carbonyl (C=O) groups is 1. The van der Waals surface area contributed by atoms with Crippen molar-refractivity contribution < 1.29 is 23.4 Å². The first-order valence-corrected chi connectivity index (χ1v) is 16.4. The van der Waals surface area contributed by atoms with Crippen LogP contribution in [0, 0.1) is 11.8 Å². The topological polar surface area (TPSA) is 80.0 Å². The smallest absolute Gasteiger partial charge is 0.330 e. The Kier molecular flexibility index (Phi) is 12.1. The zero-order chi connectivity index (χ0) is 27.6. The summed E-state index contributed by atoms with van der Waals surface area (Å²) in [5.41, 5.74) is 7.50. The average Bonchev–Trinajstić information content (AvgIpc) is 2.80. The van der Waals surface area contributed by atoms with E-state index in [1.54, 1.807) is 7.11 Å². The van der Waals surface area contributed by atoms with Crippen LogP contribution in [0.3, 0.4) is 0 Å². The van der Waals surface area contributed by atoms with E-state index < -0.39 is 14.4 Å². The Morgan fingerprint density at radius 1 is 1.08 bits per heavy atom. The van der Waals surface area contributed by atoms with Gasteiger partial charge in [-0.05, 0) is 61.0 Å². The van der Waals surface area contributed by atoms with Crippen LogP contribution in [0.1, 0.15) is 59.4 Å². The molecule has 208 valence electrons. The number of esters is 1. The second-order valence-corrected chi connectivity index (χ2v) is 16.7. The Hall–Kier alpha value is -1.93. The van der Waals surface area contributed by atoms with Gasteiger partial charge in [-0.1, -0.05) is 65.0 Å². The number of nitrogens with two attached hydrogens (primary N) is 1. The van der Waals surface area contributed by atoms with Crippen LogP contribution in [0.25, 0.3) is 0 Å². The van der Waals surface area contributed by atoms with Gasteiger partial charge in [0, 0.05) is 24.1 Å². The number of hydrogen-bond acceptors (Lipinski definition) is 6. The van der Waals surface area contributed by atoms with Crippen molar-refractivity contribution in [3.05, 3.63) is 54.1 Å². The van der Waals surface area contributed by atoms with Crippen molar-refractivity contribution in [3.63, 3.8) is 0 Å². The summed E-state index contributed by atoms with van der Waals surface area (Å²) < 4.78 is 23.8. The van der Waals surface area contributed by atoms with E-state index >= 15 is 0 Å². The normalized spacial score (nSPS) is 28.1. The third-order valence-electron chi connectivity index (χ3n) is 7.47. The van der Waals surface area contributed by atoms with Gasteiger partial charge in [-0.3, -0.25) is 0 Å². The predicted molar refractivity (Wildman–Crippen MR) is 153 cm³/mol. The SMILES string of the molecule is COc1ccc(COC[C@@H]2OC(=O)/C=C\C[C@H](N)CC(O[Si](C)(C)C(C)(C)C)C[C@H](C)/C=C/[C@H]2C)cc1. The van der Waals surface area contributed by atoms with Gasteiger partial charge in [0.1, 0.15) is 11.9 Å². The third kappa shape index (κ3) is 10.8. The third-order valence-corrected chi connectivity index (χ3v) is 12.0. The molecule has 0 bridgehead atoms. The van der Waals surface area contributed by atoms with E-state index in [0.29, 0.717) is 25.6 Å². The summed E-state index contributed by atoms with van der Waals surface area (Å²) in [6.45, 7) is 16.4. The maximum absolute atomic E-state index is 12.6. The second kappa shape index (κ2) is 14.3. The van der Waals surface area contributed by atoms with Gasteiger partial charge in [-0.2, -0.15) is 0 Å². The lowest BCUT2D eigenvalue weighted by Crippen LogP contribution is -2.45. The number of allylic oxidation sites excluding steroid dienone is 1. The minimum absolute atomic E-state index is 0.000578. The van der Waals surface area contributed by atoms with Crippen molar-refractivity contribution in [1.29, 1.82) is 0 Å². The lowest BCUT2D eigenvalue weighted by Gasteiger charge is -2.40. The Morgan fingerprint density at radius 2 is 1.76 bits per heavy atom. The van der Waals surface area contributed by atoms with Crippen LogP contribution < -0.4 is 10.5 Å². The molecule has 1 aromatic carbocycles. The first-order chi connectivity index (χ1) is 17.3. The molecule has 0 spiro atoms. The molecule has 37 heavy (non-hydrogen) atoms. The highest BCUT2D eigenvalue weighted by molar-refractivity contribution is 6.74. The van der Waals surface area contributed by atoms with E-state index in [0.717, 1.165) is 24.2 Å². The molecule has 2 N–H and O–H groups in total. The molecule has 0 saturated heterocycles. The summed E-state index contributed by atoms with van der Waals surface area (Å²) in [5, 5.41) is 0.131. The molecule has 1 aliphatic heterocycles. The van der Waals surface area contributed by atoms with E-state index in [-0.39, 0.29) is 29.1 Å². The van der Waals surface area contributed by atoms with Crippen LogP contribution in [0.5, 0.6) is 5.75 Å². The summed E-state index contributed by atoms with van der Waals surface area (Å²) >= 11 is 0. The molecule has 7 heteroatoms. The van der Waals surface area contributed by atoms with Gasteiger partial charge in [-0.15, -0.1) is 0 Å². The molecule has 2 rings (SSSR count). The molecule has 0 amide bonds. The van der Waals surface area contributed by atoms with Crippen molar-refractivity contribution in [1.82, 2.24) is 0 Å². The molecule has 0 aliphatic carbocycles. The van der Waals surface area contributed by atoms with Crippen LogP contribution in [0.4, 0.5) is 0 Å². The molecule has 1 aliphatic rings. The molecule has 1 heterocycles. The lowest BCUT2D eigenvalue weighted by atomic mass is 9.95. The molecule has 1 aromatic rings. The summed E-state index contributed by atoms with van der Waals surface area (Å²) in [7, 11) is -0.294. The highest BCUT2D eigenvalue weighted by Gasteiger charge is 2.39. The Labute approximate surface area is 225 Å². The molecule has 0 aromatic heterocycles. The standard InChI is InChI=1S/C30H49NO5Si/c1-22-12-13-23(2)28(21-34-20-24-14-16-26(33-6)17-15-24)35-29(32)11-9-10-25(31)19-27(18-22)36-37(7,8)30(3,4)5/h9,11-17,22-23,25,27-28H,10,18-21,31H2,1-8H3/b11-9-,13-12+/t22-,23-,25+,27?,28+/m1/s1. The fourth-order valence-electron chi connectivity index (χ4n) is 4.04. The summed E-state index contributed by atoms with van der Waals surface area (Å²) in [5.74, 6) is 0.741. The van der Waals surface area contributed by atoms with Crippen LogP contribution in [0.2, 0.25) is 18.1 Å². The number of rotatable bonds is 7. The van der Waals surface area contributed by atoms with Gasteiger partial charge in [0.15, 0.2) is 8.32 Å². The maximum Gasteiger partial charge on any atom is 0.330 e. The number of cyclic esters (lactones) is 1. The minimum atomic E-state index is -1.94. The van der Waals surface area contributed by atoms with Gasteiger partial charge >= 0.3 is 5.97 Å². The van der Waals surface area contributed by atoms with E-state index in [4.69, 9.17) is 24.4 Å². The largest absolute Gasteiger partial charge is 0.497 e. The monoisotopic (exact) mass is 531 g/mol. The number of methoxy groups -OCH3 is 1. The Balaban J connectivity index is 2.12. The van der Waals surface area contributed by atoms with Crippen LogP contribution in [0.15, 0.2) is 48.6 Å². The molecule has 0 radical (unpaired) electrons. The van der Waals surface area contributed by atoms with Crippen molar-refractivity contribution in [2.24, 2.45) is 17.6 Å². The maximum atomic E-state index is 12.6. The number of ether oxygens (including phenoxy) is 3. The fraction of sp³-hybridized carbons (Fsp3) is 0.633. The molecule has 1 unspecified atom stereocenters. The summed E-state index contributed by atoms with van der Waals surface area (Å²) in [6, 6.07) is 7.67. The molecular weight excluding hydrogens is 482 g/mol. The van der Waals surface area contributed by atoms with E-state index in [1.165, 1.54) is 6.08 Å². The van der Waals surface area contributed by atoms with Crippen molar-refractivity contribution in [2.75, 3.05) is 13.7 Å². The second-order valence-electron chi connectivity index (χ2n) is 11.9. The van der Waals surface area contributed by atoms with Crippen LogP contribution in [-0.4, -0.2) is 46.3 Å². The summed E-state index contributed by atoms with van der Waals surface area (Å²) in [6.07, 6.45) is 9.62. The Bertz CT molecular complexity index is 890. The Morgan fingerprint density at radius 3 is 2.38 bits per heavy atom. The molecule has 5 atom stereocenters. The molecular formula is C30H49NO5Si. The van der Waals surface area contributed by atoms with Crippen molar-refractivity contribution in [3.8, 4) is 5.75 Å². The molecule has 6 nitrogen and oxygen atoms in total. The van der Waals surface area contributed by atoms with Crippen molar-refractivity contribution in [2.45, 2.75) is 96.9 Å². The quantitative estimate of drug-likeness (QED) is 0.249. The van der Waals surface area contributed by atoms with Crippen LogP contribution in [-0.2, 0) is 25.3 Å². The van der Waals surface area contributed by atoms with Gasteiger partial charge in [0.25, 0.3) is 0 Å².